The molecule has 0 aliphatic carbocycles. The molecule has 0 saturated carbocycles. The lowest BCUT2D eigenvalue weighted by atomic mass is 10.2. The molecule has 1 amide bonds. The molecule has 5 heteroatoms. The van der Waals surface area contributed by atoms with Gasteiger partial charge in [-0.3, -0.25) is 4.79 Å². The molecule has 1 N–H and O–H groups in total. The van der Waals surface area contributed by atoms with E-state index in [0.29, 0.717) is 17.3 Å². The molecular formula is C13H16ClNO2S. The Hall–Kier alpha value is -0.710. The molecule has 98 valence electrons. The molecule has 1 atom stereocenters. The second-order valence-electron chi connectivity index (χ2n) is 4.18. The average Bonchev–Trinajstić information content (AvgIpc) is 2.89. The zero-order valence-electron chi connectivity index (χ0n) is 10.0. The van der Waals surface area contributed by atoms with Gasteiger partial charge in [-0.25, -0.2) is 0 Å². The van der Waals surface area contributed by atoms with Crippen LogP contribution in [0.15, 0.2) is 29.2 Å². The minimum atomic E-state index is 0.0467. The van der Waals surface area contributed by atoms with Gasteiger partial charge in [-0.1, -0.05) is 11.6 Å². The minimum Gasteiger partial charge on any atom is -0.376 e. The highest BCUT2D eigenvalue weighted by Crippen LogP contribution is 2.20. The molecule has 3 nitrogen and oxygen atoms in total. The topological polar surface area (TPSA) is 38.3 Å². The predicted octanol–water partition coefficient (Wildman–Crippen LogP) is 2.73. The van der Waals surface area contributed by atoms with Crippen molar-refractivity contribution in [2.45, 2.75) is 23.8 Å². The highest BCUT2D eigenvalue weighted by atomic mass is 35.5. The van der Waals surface area contributed by atoms with Crippen LogP contribution in [0.5, 0.6) is 0 Å². The number of benzene rings is 1. The van der Waals surface area contributed by atoms with Crippen LogP contribution in [0, 0.1) is 0 Å². The highest BCUT2D eigenvalue weighted by Gasteiger charge is 2.15. The number of ether oxygens (including phenoxy) is 1. The lowest BCUT2D eigenvalue weighted by Crippen LogP contribution is -2.32. The van der Waals surface area contributed by atoms with Crippen LogP contribution in [-0.4, -0.2) is 30.9 Å². The van der Waals surface area contributed by atoms with Crippen molar-refractivity contribution in [3.63, 3.8) is 0 Å². The minimum absolute atomic E-state index is 0.0467. The van der Waals surface area contributed by atoms with Gasteiger partial charge < -0.3 is 10.1 Å². The van der Waals surface area contributed by atoms with Crippen LogP contribution < -0.4 is 5.32 Å². The largest absolute Gasteiger partial charge is 0.376 e. The smallest absolute Gasteiger partial charge is 0.230 e. The summed E-state index contributed by atoms with van der Waals surface area (Å²) in [6.07, 6.45) is 2.35. The molecule has 1 aliphatic rings. The fourth-order valence-electron chi connectivity index (χ4n) is 1.76. The van der Waals surface area contributed by atoms with E-state index in [9.17, 15) is 4.79 Å². The Labute approximate surface area is 116 Å². The van der Waals surface area contributed by atoms with Crippen molar-refractivity contribution in [1.82, 2.24) is 5.32 Å². The Balaban J connectivity index is 1.66. The van der Waals surface area contributed by atoms with Gasteiger partial charge in [0.15, 0.2) is 0 Å². The summed E-state index contributed by atoms with van der Waals surface area (Å²) in [6.45, 7) is 1.44. The SMILES string of the molecule is O=C(CSc1ccc(Cl)cc1)NC[C@H]1CCCO1. The van der Waals surface area contributed by atoms with Crippen LogP contribution in [0.1, 0.15) is 12.8 Å². The van der Waals surface area contributed by atoms with Gasteiger partial charge in [-0.2, -0.15) is 0 Å². The van der Waals surface area contributed by atoms with E-state index in [1.54, 1.807) is 0 Å². The average molecular weight is 286 g/mol. The molecule has 1 saturated heterocycles. The van der Waals surface area contributed by atoms with E-state index < -0.39 is 0 Å². The zero-order valence-corrected chi connectivity index (χ0v) is 11.6. The molecular weight excluding hydrogens is 270 g/mol. The van der Waals surface area contributed by atoms with Gasteiger partial charge >= 0.3 is 0 Å². The maximum atomic E-state index is 11.6. The number of nitrogens with one attached hydrogen (secondary N) is 1. The van der Waals surface area contributed by atoms with Crippen LogP contribution in [0.2, 0.25) is 5.02 Å². The molecule has 1 heterocycles. The summed E-state index contributed by atoms with van der Waals surface area (Å²) in [7, 11) is 0. The summed E-state index contributed by atoms with van der Waals surface area (Å²) in [6, 6.07) is 7.49. The van der Waals surface area contributed by atoms with Crippen molar-refractivity contribution < 1.29 is 9.53 Å². The second kappa shape index (κ2) is 7.02. The zero-order chi connectivity index (χ0) is 12.8. The number of thioether (sulfide) groups is 1. The van der Waals surface area contributed by atoms with E-state index in [1.165, 1.54) is 11.8 Å². The number of carbonyl (C=O) groups is 1. The Kier molecular flexibility index (Phi) is 5.35. The number of rotatable bonds is 5. The summed E-state index contributed by atoms with van der Waals surface area (Å²) in [4.78, 5) is 12.7. The fourth-order valence-corrected chi connectivity index (χ4v) is 2.62. The third-order valence-electron chi connectivity index (χ3n) is 2.73. The summed E-state index contributed by atoms with van der Waals surface area (Å²) < 4.78 is 5.44. The molecule has 1 fully saturated rings. The molecule has 2 rings (SSSR count). The van der Waals surface area contributed by atoms with E-state index in [1.807, 2.05) is 24.3 Å². The van der Waals surface area contributed by atoms with Crippen molar-refractivity contribution in [2.75, 3.05) is 18.9 Å². The number of carbonyl (C=O) groups excluding carboxylic acids is 1. The van der Waals surface area contributed by atoms with Crippen LogP contribution in [0.3, 0.4) is 0 Å². The Bertz CT molecular complexity index is 390. The Morgan fingerprint density at radius 2 is 2.22 bits per heavy atom. The van der Waals surface area contributed by atoms with Gasteiger partial charge in [-0.15, -0.1) is 11.8 Å². The van der Waals surface area contributed by atoms with Gasteiger partial charge in [0.25, 0.3) is 0 Å². The van der Waals surface area contributed by atoms with Crippen molar-refractivity contribution in [3.05, 3.63) is 29.3 Å². The monoisotopic (exact) mass is 285 g/mol. The summed E-state index contributed by atoms with van der Waals surface area (Å²) >= 11 is 7.30. The number of hydrogen-bond donors (Lipinski definition) is 1. The van der Waals surface area contributed by atoms with E-state index in [2.05, 4.69) is 5.32 Å². The molecule has 0 aromatic heterocycles. The fraction of sp³-hybridized carbons (Fsp3) is 0.462. The van der Waals surface area contributed by atoms with E-state index in [4.69, 9.17) is 16.3 Å². The van der Waals surface area contributed by atoms with Gasteiger partial charge in [-0.05, 0) is 37.1 Å². The van der Waals surface area contributed by atoms with Crippen molar-refractivity contribution in [1.29, 1.82) is 0 Å². The lowest BCUT2D eigenvalue weighted by molar-refractivity contribution is -0.119. The third-order valence-corrected chi connectivity index (χ3v) is 4.00. The van der Waals surface area contributed by atoms with Crippen LogP contribution in [-0.2, 0) is 9.53 Å². The second-order valence-corrected chi connectivity index (χ2v) is 5.67. The first-order chi connectivity index (χ1) is 8.74. The lowest BCUT2D eigenvalue weighted by Gasteiger charge is -2.10. The number of hydrogen-bond acceptors (Lipinski definition) is 3. The van der Waals surface area contributed by atoms with Crippen molar-refractivity contribution in [2.24, 2.45) is 0 Å². The maximum Gasteiger partial charge on any atom is 0.230 e. The molecule has 0 spiro atoms. The van der Waals surface area contributed by atoms with Gasteiger partial charge in [0, 0.05) is 23.1 Å². The molecule has 1 aliphatic heterocycles. The first-order valence-electron chi connectivity index (χ1n) is 6.01. The first-order valence-corrected chi connectivity index (χ1v) is 7.37. The quantitative estimate of drug-likeness (QED) is 0.846. The number of amides is 1. The third kappa shape index (κ3) is 4.52. The molecule has 0 radical (unpaired) electrons. The highest BCUT2D eigenvalue weighted by molar-refractivity contribution is 8.00. The van der Waals surface area contributed by atoms with Gasteiger partial charge in [0.2, 0.25) is 5.91 Å². The molecule has 0 unspecified atom stereocenters. The van der Waals surface area contributed by atoms with Crippen LogP contribution in [0.25, 0.3) is 0 Å². The predicted molar refractivity (Wildman–Crippen MR) is 74.2 cm³/mol. The standard InChI is InChI=1S/C13H16ClNO2S/c14-10-3-5-12(6-4-10)18-9-13(16)15-8-11-2-1-7-17-11/h3-6,11H,1-2,7-9H2,(H,15,16)/t11-/m1/s1. The molecule has 1 aromatic rings. The number of halogens is 1. The summed E-state index contributed by atoms with van der Waals surface area (Å²) in [5.74, 6) is 0.472. The molecule has 18 heavy (non-hydrogen) atoms. The molecule has 1 aromatic carbocycles. The van der Waals surface area contributed by atoms with Crippen LogP contribution in [0.4, 0.5) is 0 Å². The Morgan fingerprint density at radius 1 is 1.44 bits per heavy atom. The van der Waals surface area contributed by atoms with Crippen LogP contribution >= 0.6 is 23.4 Å². The first kappa shape index (κ1) is 13.7. The summed E-state index contributed by atoms with van der Waals surface area (Å²) in [5.41, 5.74) is 0. The normalized spacial score (nSPS) is 18.8. The van der Waals surface area contributed by atoms with Gasteiger partial charge in [0.05, 0.1) is 11.9 Å². The maximum absolute atomic E-state index is 11.6. The molecule has 0 bridgehead atoms. The van der Waals surface area contributed by atoms with E-state index >= 15 is 0 Å². The summed E-state index contributed by atoms with van der Waals surface area (Å²) in [5, 5.41) is 3.61. The van der Waals surface area contributed by atoms with Crippen molar-refractivity contribution in [3.8, 4) is 0 Å². The van der Waals surface area contributed by atoms with E-state index in [0.717, 1.165) is 24.3 Å². The van der Waals surface area contributed by atoms with Crippen molar-refractivity contribution >= 4 is 29.3 Å². The van der Waals surface area contributed by atoms with E-state index in [-0.39, 0.29) is 12.0 Å². The van der Waals surface area contributed by atoms with Gasteiger partial charge in [0.1, 0.15) is 0 Å². The Morgan fingerprint density at radius 3 is 2.89 bits per heavy atom.